The van der Waals surface area contributed by atoms with Gasteiger partial charge in [-0.2, -0.15) is 5.10 Å². The Hall–Kier alpha value is -1.76. The minimum Gasteiger partial charge on any atom is -0.375 e. The highest BCUT2D eigenvalue weighted by Crippen LogP contribution is 2.26. The lowest BCUT2D eigenvalue weighted by molar-refractivity contribution is 0.0509. The zero-order valence-corrected chi connectivity index (χ0v) is 14.6. The molecule has 1 aromatic carbocycles. The topological polar surface area (TPSA) is 33.5 Å². The quantitative estimate of drug-likeness (QED) is 0.848. The SMILES string of the molecule is Cn1cc(CN2CCO[C@@H]3CN(Cc4ccccc4F)C[C@@H]3C2)cn1. The van der Waals surface area contributed by atoms with Crippen molar-refractivity contribution in [1.82, 2.24) is 19.6 Å². The summed E-state index contributed by atoms with van der Waals surface area (Å²) in [6, 6.07) is 7.06. The van der Waals surface area contributed by atoms with Crippen LogP contribution in [0.1, 0.15) is 11.1 Å². The van der Waals surface area contributed by atoms with Gasteiger partial charge in [0.2, 0.25) is 0 Å². The minimum atomic E-state index is -0.117. The number of rotatable bonds is 4. The Morgan fingerprint density at radius 2 is 2.00 bits per heavy atom. The van der Waals surface area contributed by atoms with Crippen LogP contribution in [-0.2, 0) is 24.9 Å². The molecule has 0 unspecified atom stereocenters. The number of fused-ring (bicyclic) bond motifs is 1. The molecule has 2 aliphatic rings. The van der Waals surface area contributed by atoms with Crippen molar-refractivity contribution in [3.8, 4) is 0 Å². The molecule has 0 aliphatic carbocycles. The number of nitrogens with zero attached hydrogens (tertiary/aromatic N) is 4. The minimum absolute atomic E-state index is 0.117. The molecule has 2 atom stereocenters. The van der Waals surface area contributed by atoms with Gasteiger partial charge >= 0.3 is 0 Å². The van der Waals surface area contributed by atoms with E-state index < -0.39 is 0 Å². The Bertz CT molecular complexity index is 719. The first kappa shape index (κ1) is 16.7. The molecule has 0 N–H and O–H groups in total. The molecule has 0 amide bonds. The van der Waals surface area contributed by atoms with Crippen LogP contribution in [0.4, 0.5) is 4.39 Å². The zero-order chi connectivity index (χ0) is 17.2. The first-order valence-electron chi connectivity index (χ1n) is 8.94. The fourth-order valence-corrected chi connectivity index (χ4v) is 4.00. The summed E-state index contributed by atoms with van der Waals surface area (Å²) in [4.78, 5) is 4.77. The Kier molecular flexibility index (Phi) is 4.83. The Morgan fingerprint density at radius 1 is 1.16 bits per heavy atom. The lowest BCUT2D eigenvalue weighted by atomic mass is 10.1. The molecule has 0 bridgehead atoms. The third-order valence-electron chi connectivity index (χ3n) is 5.21. The predicted molar refractivity (Wildman–Crippen MR) is 93.4 cm³/mol. The summed E-state index contributed by atoms with van der Waals surface area (Å²) >= 11 is 0. The number of ether oxygens (including phenoxy) is 1. The number of hydrogen-bond acceptors (Lipinski definition) is 4. The highest BCUT2D eigenvalue weighted by Gasteiger charge is 2.36. The van der Waals surface area contributed by atoms with E-state index in [4.69, 9.17) is 4.74 Å². The van der Waals surface area contributed by atoms with E-state index in [1.807, 2.05) is 30.1 Å². The van der Waals surface area contributed by atoms with E-state index in [0.29, 0.717) is 12.5 Å². The lowest BCUT2D eigenvalue weighted by Crippen LogP contribution is -2.32. The summed E-state index contributed by atoms with van der Waals surface area (Å²) < 4.78 is 21.9. The van der Waals surface area contributed by atoms with E-state index in [0.717, 1.165) is 44.9 Å². The fraction of sp³-hybridized carbons (Fsp3) is 0.526. The molecule has 2 aromatic rings. The van der Waals surface area contributed by atoms with Crippen LogP contribution < -0.4 is 0 Å². The predicted octanol–water partition coefficient (Wildman–Crippen LogP) is 1.89. The molecule has 5 nitrogen and oxygen atoms in total. The van der Waals surface area contributed by atoms with Crippen LogP contribution in [0.25, 0.3) is 0 Å². The Balaban J connectivity index is 1.38. The molecule has 0 saturated carbocycles. The second kappa shape index (κ2) is 7.23. The number of hydrogen-bond donors (Lipinski definition) is 0. The number of benzene rings is 1. The van der Waals surface area contributed by atoms with Crippen LogP contribution in [-0.4, -0.2) is 58.5 Å². The van der Waals surface area contributed by atoms with Gasteiger partial charge in [-0.3, -0.25) is 14.5 Å². The number of halogens is 1. The number of aryl methyl sites for hydroxylation is 1. The molecule has 134 valence electrons. The standard InChI is InChI=1S/C19H25FN4O/c1-22-9-15(8-21-22)10-23-6-7-25-19-14-24(13-17(19)12-23)11-16-4-2-3-5-18(16)20/h2-5,8-9,17,19H,6-7,10-14H2,1H3/t17-,19+/m0/s1. The van der Waals surface area contributed by atoms with Gasteiger partial charge in [-0.1, -0.05) is 18.2 Å². The normalized spacial score (nSPS) is 25.0. The number of aromatic nitrogens is 2. The highest BCUT2D eigenvalue weighted by molar-refractivity contribution is 5.17. The first-order chi connectivity index (χ1) is 12.2. The van der Waals surface area contributed by atoms with E-state index in [1.165, 1.54) is 11.6 Å². The zero-order valence-electron chi connectivity index (χ0n) is 14.6. The van der Waals surface area contributed by atoms with Crippen molar-refractivity contribution in [3.63, 3.8) is 0 Å². The van der Waals surface area contributed by atoms with Crippen molar-refractivity contribution < 1.29 is 9.13 Å². The van der Waals surface area contributed by atoms with Gasteiger partial charge in [-0.25, -0.2) is 4.39 Å². The average molecular weight is 344 g/mol. The molecule has 4 rings (SSSR count). The van der Waals surface area contributed by atoms with Crippen LogP contribution in [0.2, 0.25) is 0 Å². The molecular weight excluding hydrogens is 319 g/mol. The number of likely N-dealkylation sites (tertiary alicyclic amines) is 1. The summed E-state index contributed by atoms with van der Waals surface area (Å²) in [7, 11) is 1.95. The highest BCUT2D eigenvalue weighted by atomic mass is 19.1. The van der Waals surface area contributed by atoms with Crippen LogP contribution in [0.15, 0.2) is 36.7 Å². The lowest BCUT2D eigenvalue weighted by Gasteiger charge is -2.23. The summed E-state index contributed by atoms with van der Waals surface area (Å²) in [6.45, 7) is 6.15. The second-order valence-electron chi connectivity index (χ2n) is 7.21. The van der Waals surface area contributed by atoms with Gasteiger partial charge in [0, 0.05) is 69.6 Å². The van der Waals surface area contributed by atoms with Crippen LogP contribution in [0.5, 0.6) is 0 Å². The monoisotopic (exact) mass is 344 g/mol. The Morgan fingerprint density at radius 3 is 2.80 bits per heavy atom. The summed E-state index contributed by atoms with van der Waals surface area (Å²) in [5, 5.41) is 4.25. The van der Waals surface area contributed by atoms with Crippen molar-refractivity contribution in [2.24, 2.45) is 13.0 Å². The maximum Gasteiger partial charge on any atom is 0.127 e. The molecular formula is C19H25FN4O. The summed E-state index contributed by atoms with van der Waals surface area (Å²) in [6.07, 6.45) is 4.26. The van der Waals surface area contributed by atoms with Gasteiger partial charge in [-0.05, 0) is 6.07 Å². The second-order valence-corrected chi connectivity index (χ2v) is 7.21. The van der Waals surface area contributed by atoms with E-state index in [-0.39, 0.29) is 11.9 Å². The van der Waals surface area contributed by atoms with Crippen molar-refractivity contribution >= 4 is 0 Å². The van der Waals surface area contributed by atoms with Gasteiger partial charge in [0.25, 0.3) is 0 Å². The van der Waals surface area contributed by atoms with E-state index >= 15 is 0 Å². The van der Waals surface area contributed by atoms with Crippen LogP contribution in [0.3, 0.4) is 0 Å². The molecule has 2 saturated heterocycles. The maximum atomic E-state index is 13.9. The summed E-state index contributed by atoms with van der Waals surface area (Å²) in [5.41, 5.74) is 2.01. The summed E-state index contributed by atoms with van der Waals surface area (Å²) in [5.74, 6) is 0.361. The molecule has 6 heteroatoms. The van der Waals surface area contributed by atoms with Gasteiger partial charge < -0.3 is 4.74 Å². The average Bonchev–Trinajstić information content (AvgIpc) is 3.11. The van der Waals surface area contributed by atoms with Crippen LogP contribution >= 0.6 is 0 Å². The fourth-order valence-electron chi connectivity index (χ4n) is 4.00. The molecule has 1 aromatic heterocycles. The Labute approximate surface area is 148 Å². The molecule has 0 radical (unpaired) electrons. The van der Waals surface area contributed by atoms with Crippen LogP contribution in [0, 0.1) is 11.7 Å². The largest absolute Gasteiger partial charge is 0.375 e. The van der Waals surface area contributed by atoms with E-state index in [2.05, 4.69) is 21.1 Å². The van der Waals surface area contributed by atoms with Crippen molar-refractivity contribution in [2.75, 3.05) is 32.8 Å². The van der Waals surface area contributed by atoms with Gasteiger partial charge in [0.15, 0.2) is 0 Å². The van der Waals surface area contributed by atoms with Crippen molar-refractivity contribution in [1.29, 1.82) is 0 Å². The molecule has 2 fully saturated rings. The third kappa shape index (κ3) is 3.92. The smallest absolute Gasteiger partial charge is 0.127 e. The molecule has 2 aliphatic heterocycles. The van der Waals surface area contributed by atoms with Gasteiger partial charge in [0.05, 0.1) is 18.9 Å². The van der Waals surface area contributed by atoms with E-state index in [1.54, 1.807) is 6.07 Å². The first-order valence-corrected chi connectivity index (χ1v) is 8.94. The van der Waals surface area contributed by atoms with Gasteiger partial charge in [-0.15, -0.1) is 0 Å². The van der Waals surface area contributed by atoms with Gasteiger partial charge in [0.1, 0.15) is 5.82 Å². The van der Waals surface area contributed by atoms with Crippen molar-refractivity contribution in [2.45, 2.75) is 19.2 Å². The maximum absolute atomic E-state index is 13.9. The molecule has 0 spiro atoms. The molecule has 3 heterocycles. The third-order valence-corrected chi connectivity index (χ3v) is 5.21. The molecule has 25 heavy (non-hydrogen) atoms. The van der Waals surface area contributed by atoms with Crippen molar-refractivity contribution in [3.05, 3.63) is 53.6 Å². The van der Waals surface area contributed by atoms with E-state index in [9.17, 15) is 4.39 Å².